The number of para-hydroxylation sites is 1. The fourth-order valence-corrected chi connectivity index (χ4v) is 3.95. The highest BCUT2D eigenvalue weighted by molar-refractivity contribution is 7.20. The highest BCUT2D eigenvalue weighted by Gasteiger charge is 2.27. The lowest BCUT2D eigenvalue weighted by atomic mass is 10.1. The second-order valence-electron chi connectivity index (χ2n) is 6.19. The minimum atomic E-state index is -0.257. The van der Waals surface area contributed by atoms with Gasteiger partial charge in [-0.3, -0.25) is 0 Å². The van der Waals surface area contributed by atoms with E-state index in [0.29, 0.717) is 30.7 Å². The SMILES string of the molecule is CCOC(=O)N1CCC(n2nnnc2COc2nc3ccccc3s2)CC1. The van der Waals surface area contributed by atoms with Gasteiger partial charge >= 0.3 is 6.09 Å². The molecular weight excluding hydrogens is 368 g/mol. The quantitative estimate of drug-likeness (QED) is 0.663. The van der Waals surface area contributed by atoms with Crippen LogP contribution in [0.5, 0.6) is 5.19 Å². The Kier molecular flexibility index (Phi) is 5.14. The second kappa shape index (κ2) is 7.87. The smallest absolute Gasteiger partial charge is 0.409 e. The monoisotopic (exact) mass is 388 g/mol. The molecule has 1 aliphatic heterocycles. The van der Waals surface area contributed by atoms with Crippen molar-refractivity contribution < 1.29 is 14.3 Å². The largest absolute Gasteiger partial charge is 0.462 e. The number of fused-ring (bicyclic) bond motifs is 1. The molecule has 0 atom stereocenters. The summed E-state index contributed by atoms with van der Waals surface area (Å²) in [7, 11) is 0. The summed E-state index contributed by atoms with van der Waals surface area (Å²) in [5.41, 5.74) is 0.920. The van der Waals surface area contributed by atoms with Crippen molar-refractivity contribution in [2.45, 2.75) is 32.4 Å². The van der Waals surface area contributed by atoms with Gasteiger partial charge in [0.15, 0.2) is 12.4 Å². The summed E-state index contributed by atoms with van der Waals surface area (Å²) in [6, 6.07) is 8.05. The predicted octanol–water partition coefficient (Wildman–Crippen LogP) is 2.66. The van der Waals surface area contributed by atoms with E-state index < -0.39 is 0 Å². The van der Waals surface area contributed by atoms with Crippen LogP contribution in [0.25, 0.3) is 10.2 Å². The Labute approximate surface area is 159 Å². The number of nitrogens with zero attached hydrogens (tertiary/aromatic N) is 6. The Bertz CT molecular complexity index is 885. The van der Waals surface area contributed by atoms with Gasteiger partial charge in [-0.15, -0.1) is 5.10 Å². The first-order valence-corrected chi connectivity index (χ1v) is 9.73. The van der Waals surface area contributed by atoms with Gasteiger partial charge in [0.1, 0.15) is 0 Å². The molecule has 1 aromatic carbocycles. The number of tetrazole rings is 1. The Hall–Kier alpha value is -2.75. The second-order valence-corrected chi connectivity index (χ2v) is 7.19. The fourth-order valence-electron chi connectivity index (χ4n) is 3.14. The molecule has 0 unspecified atom stereocenters. The first-order chi connectivity index (χ1) is 13.2. The molecule has 1 fully saturated rings. The van der Waals surface area contributed by atoms with Crippen LogP contribution < -0.4 is 4.74 Å². The van der Waals surface area contributed by atoms with Crippen molar-refractivity contribution in [3.63, 3.8) is 0 Å². The molecule has 2 aromatic heterocycles. The summed E-state index contributed by atoms with van der Waals surface area (Å²) in [4.78, 5) is 18.0. The molecule has 4 rings (SSSR count). The van der Waals surface area contributed by atoms with Gasteiger partial charge in [0.25, 0.3) is 5.19 Å². The molecule has 142 valence electrons. The maximum atomic E-state index is 11.8. The average molecular weight is 388 g/mol. The van der Waals surface area contributed by atoms with E-state index in [1.165, 1.54) is 11.3 Å². The summed E-state index contributed by atoms with van der Waals surface area (Å²) in [5.74, 6) is 0.656. The number of carbonyl (C=O) groups is 1. The van der Waals surface area contributed by atoms with Crippen molar-refractivity contribution in [1.29, 1.82) is 0 Å². The van der Waals surface area contributed by atoms with Crippen LogP contribution in [0.2, 0.25) is 0 Å². The molecule has 1 aliphatic rings. The summed E-state index contributed by atoms with van der Waals surface area (Å²) in [5, 5.41) is 12.6. The number of thiazole rings is 1. The van der Waals surface area contributed by atoms with Crippen LogP contribution in [0, 0.1) is 0 Å². The zero-order chi connectivity index (χ0) is 18.6. The van der Waals surface area contributed by atoms with Crippen molar-refractivity contribution in [2.75, 3.05) is 19.7 Å². The number of carbonyl (C=O) groups excluding carboxylic acids is 1. The molecule has 1 saturated heterocycles. The van der Waals surface area contributed by atoms with Crippen molar-refractivity contribution in [1.82, 2.24) is 30.1 Å². The molecule has 0 aliphatic carbocycles. The van der Waals surface area contributed by atoms with Crippen LogP contribution in [-0.2, 0) is 11.3 Å². The molecule has 0 saturated carbocycles. The molecule has 0 spiro atoms. The van der Waals surface area contributed by atoms with E-state index in [1.54, 1.807) is 9.58 Å². The van der Waals surface area contributed by atoms with Gasteiger partial charge in [0.05, 0.1) is 22.9 Å². The van der Waals surface area contributed by atoms with E-state index in [1.807, 2.05) is 31.2 Å². The van der Waals surface area contributed by atoms with Crippen LogP contribution in [-0.4, -0.2) is 55.9 Å². The Morgan fingerprint density at radius 2 is 2.11 bits per heavy atom. The Balaban J connectivity index is 1.37. The lowest BCUT2D eigenvalue weighted by molar-refractivity contribution is 0.0906. The van der Waals surface area contributed by atoms with Crippen LogP contribution in [0.1, 0.15) is 31.6 Å². The third-order valence-corrected chi connectivity index (χ3v) is 5.45. The van der Waals surface area contributed by atoms with E-state index in [4.69, 9.17) is 9.47 Å². The highest BCUT2D eigenvalue weighted by atomic mass is 32.1. The number of benzene rings is 1. The molecular formula is C17H20N6O3S. The molecule has 0 radical (unpaired) electrons. The lowest BCUT2D eigenvalue weighted by Gasteiger charge is -2.31. The number of aromatic nitrogens is 5. The van der Waals surface area contributed by atoms with Crippen molar-refractivity contribution in [3.05, 3.63) is 30.1 Å². The molecule has 3 heterocycles. The van der Waals surface area contributed by atoms with E-state index in [9.17, 15) is 4.79 Å². The van der Waals surface area contributed by atoms with Gasteiger partial charge < -0.3 is 14.4 Å². The predicted molar refractivity (Wildman–Crippen MR) is 98.6 cm³/mol. The van der Waals surface area contributed by atoms with Crippen LogP contribution in [0.3, 0.4) is 0 Å². The molecule has 3 aromatic rings. The molecule has 27 heavy (non-hydrogen) atoms. The zero-order valence-corrected chi connectivity index (χ0v) is 15.8. The van der Waals surface area contributed by atoms with Crippen molar-refractivity contribution in [2.24, 2.45) is 0 Å². The standard InChI is InChI=1S/C17H20N6O3S/c1-2-25-17(24)22-9-7-12(8-10-22)23-15(19-20-21-23)11-26-16-18-13-5-3-4-6-14(13)27-16/h3-6,12H,2,7-11H2,1H3. The average Bonchev–Trinajstić information content (AvgIpc) is 3.33. The van der Waals surface area contributed by atoms with Crippen molar-refractivity contribution in [3.8, 4) is 5.19 Å². The minimum absolute atomic E-state index is 0.139. The van der Waals surface area contributed by atoms with Gasteiger partial charge in [-0.05, 0) is 42.3 Å². The number of hydrogen-bond acceptors (Lipinski definition) is 8. The highest BCUT2D eigenvalue weighted by Crippen LogP contribution is 2.28. The van der Waals surface area contributed by atoms with E-state index in [0.717, 1.165) is 23.1 Å². The van der Waals surface area contributed by atoms with Gasteiger partial charge in [0, 0.05) is 13.1 Å². The minimum Gasteiger partial charge on any atom is -0.462 e. The molecule has 1 amide bonds. The normalized spacial score (nSPS) is 15.2. The molecule has 0 bridgehead atoms. The molecule has 10 heteroatoms. The maximum absolute atomic E-state index is 11.8. The third kappa shape index (κ3) is 3.85. The van der Waals surface area contributed by atoms with E-state index in [2.05, 4.69) is 20.5 Å². The number of piperidine rings is 1. The Morgan fingerprint density at radius 3 is 2.89 bits per heavy atom. The summed E-state index contributed by atoms with van der Waals surface area (Å²) < 4.78 is 13.8. The number of likely N-dealkylation sites (tertiary alicyclic amines) is 1. The van der Waals surface area contributed by atoms with Crippen molar-refractivity contribution >= 4 is 27.6 Å². The fraction of sp³-hybridized carbons (Fsp3) is 0.471. The number of ether oxygens (including phenoxy) is 2. The van der Waals surface area contributed by atoms with Gasteiger partial charge in [-0.2, -0.15) is 0 Å². The third-order valence-electron chi connectivity index (χ3n) is 4.50. The number of amides is 1. The zero-order valence-electron chi connectivity index (χ0n) is 14.9. The maximum Gasteiger partial charge on any atom is 0.409 e. The Morgan fingerprint density at radius 1 is 1.30 bits per heavy atom. The molecule has 9 nitrogen and oxygen atoms in total. The van der Waals surface area contributed by atoms with Gasteiger partial charge in [-0.1, -0.05) is 23.5 Å². The summed E-state index contributed by atoms with van der Waals surface area (Å²) >= 11 is 1.50. The lowest BCUT2D eigenvalue weighted by Crippen LogP contribution is -2.39. The summed E-state index contributed by atoms with van der Waals surface area (Å²) in [6.07, 6.45) is 1.29. The number of hydrogen-bond donors (Lipinski definition) is 0. The number of rotatable bonds is 5. The van der Waals surface area contributed by atoms with E-state index >= 15 is 0 Å². The molecule has 0 N–H and O–H groups in total. The first-order valence-electron chi connectivity index (χ1n) is 8.91. The van der Waals surface area contributed by atoms with Crippen LogP contribution in [0.4, 0.5) is 4.79 Å². The van der Waals surface area contributed by atoms with Gasteiger partial charge in [0.2, 0.25) is 0 Å². The van der Waals surface area contributed by atoms with Crippen LogP contribution in [0.15, 0.2) is 24.3 Å². The first kappa shape index (κ1) is 17.7. The van der Waals surface area contributed by atoms with E-state index in [-0.39, 0.29) is 18.7 Å². The van der Waals surface area contributed by atoms with Crippen LogP contribution >= 0.6 is 11.3 Å². The van der Waals surface area contributed by atoms with Gasteiger partial charge in [-0.25, -0.2) is 14.5 Å². The topological polar surface area (TPSA) is 95.3 Å². The summed E-state index contributed by atoms with van der Waals surface area (Å²) in [6.45, 7) is 3.70.